The minimum atomic E-state index is -0.0856. The molecule has 2 N–H and O–H groups in total. The molecule has 1 unspecified atom stereocenters. The van der Waals surface area contributed by atoms with Crippen LogP contribution in [0.15, 0.2) is 11.6 Å². The van der Waals surface area contributed by atoms with Gasteiger partial charge in [0.15, 0.2) is 0 Å². The fourth-order valence-electron chi connectivity index (χ4n) is 0.478. The summed E-state index contributed by atoms with van der Waals surface area (Å²) in [6.45, 7) is 5.38. The first-order valence-corrected chi connectivity index (χ1v) is 2.78. The second-order valence-electron chi connectivity index (χ2n) is 1.64. The van der Waals surface area contributed by atoms with Gasteiger partial charge >= 0.3 is 0 Å². The number of aliphatic imine (C=N–C) groups is 1. The Kier molecular flexibility index (Phi) is 4.23. The summed E-state index contributed by atoms with van der Waals surface area (Å²) in [5, 5.41) is 0. The standard InChI is InChI=1S/C6H12N2/c1-3-5-6(7)8-4-2/h6H,2-3,5,7H2,1H3. The van der Waals surface area contributed by atoms with Crippen LogP contribution in [0.5, 0.6) is 0 Å². The molecule has 8 heavy (non-hydrogen) atoms. The Morgan fingerprint density at radius 3 is 2.88 bits per heavy atom. The first-order valence-electron chi connectivity index (χ1n) is 2.78. The van der Waals surface area contributed by atoms with Crippen molar-refractivity contribution in [2.75, 3.05) is 0 Å². The van der Waals surface area contributed by atoms with Crippen molar-refractivity contribution >= 4 is 5.87 Å². The monoisotopic (exact) mass is 112 g/mol. The van der Waals surface area contributed by atoms with Crippen LogP contribution in [0.1, 0.15) is 19.8 Å². The van der Waals surface area contributed by atoms with Crippen molar-refractivity contribution < 1.29 is 0 Å². The highest BCUT2D eigenvalue weighted by molar-refractivity contribution is 5.46. The van der Waals surface area contributed by atoms with E-state index in [1.807, 2.05) is 0 Å². The fourth-order valence-corrected chi connectivity index (χ4v) is 0.478. The number of rotatable bonds is 3. The van der Waals surface area contributed by atoms with Gasteiger partial charge in [-0.15, -0.1) is 0 Å². The van der Waals surface area contributed by atoms with Crippen molar-refractivity contribution in [1.29, 1.82) is 0 Å². The largest absolute Gasteiger partial charge is 0.309 e. The van der Waals surface area contributed by atoms with Gasteiger partial charge in [0.25, 0.3) is 0 Å². The molecule has 0 aliphatic carbocycles. The quantitative estimate of drug-likeness (QED) is 0.542. The van der Waals surface area contributed by atoms with E-state index in [-0.39, 0.29) is 6.17 Å². The zero-order valence-electron chi connectivity index (χ0n) is 5.22. The Balaban J connectivity index is 3.31. The van der Waals surface area contributed by atoms with Crippen molar-refractivity contribution in [3.63, 3.8) is 0 Å². The van der Waals surface area contributed by atoms with Gasteiger partial charge in [-0.3, -0.25) is 0 Å². The number of nitrogens with two attached hydrogens (primary N) is 1. The maximum Gasteiger partial charge on any atom is 0.106 e. The predicted molar refractivity (Wildman–Crippen MR) is 35.9 cm³/mol. The van der Waals surface area contributed by atoms with E-state index in [1.54, 1.807) is 0 Å². The van der Waals surface area contributed by atoms with Gasteiger partial charge in [0.05, 0.1) is 0 Å². The molecule has 1 atom stereocenters. The fraction of sp³-hybridized carbons (Fsp3) is 0.667. The van der Waals surface area contributed by atoms with E-state index < -0.39 is 0 Å². The summed E-state index contributed by atoms with van der Waals surface area (Å²) in [5.74, 6) is 2.40. The molecule has 0 saturated heterocycles. The highest BCUT2D eigenvalue weighted by atomic mass is 14.9. The first kappa shape index (κ1) is 7.41. The average molecular weight is 112 g/mol. The lowest BCUT2D eigenvalue weighted by Crippen LogP contribution is -2.15. The van der Waals surface area contributed by atoms with Gasteiger partial charge in [0, 0.05) is 0 Å². The zero-order chi connectivity index (χ0) is 6.41. The summed E-state index contributed by atoms with van der Waals surface area (Å²) in [4.78, 5) is 3.73. The Hall–Kier alpha value is -0.590. The molecule has 0 heterocycles. The maximum atomic E-state index is 5.43. The average Bonchev–Trinajstić information content (AvgIpc) is 1.68. The molecule has 0 saturated carbocycles. The number of nitrogens with zero attached hydrogens (tertiary/aromatic N) is 1. The summed E-state index contributed by atoms with van der Waals surface area (Å²) in [6.07, 6.45) is 1.90. The van der Waals surface area contributed by atoms with Crippen molar-refractivity contribution in [3.05, 3.63) is 6.58 Å². The zero-order valence-corrected chi connectivity index (χ0v) is 5.22. The molecule has 0 aromatic heterocycles. The van der Waals surface area contributed by atoms with Crippen LogP contribution in [0.3, 0.4) is 0 Å². The maximum absolute atomic E-state index is 5.43. The summed E-state index contributed by atoms with van der Waals surface area (Å²) in [6, 6.07) is 0. The SMILES string of the molecule is C=C=NC(N)CCC. The van der Waals surface area contributed by atoms with Crippen LogP contribution in [-0.4, -0.2) is 12.0 Å². The first-order chi connectivity index (χ1) is 3.81. The molecule has 0 bridgehead atoms. The smallest absolute Gasteiger partial charge is 0.106 e. The lowest BCUT2D eigenvalue weighted by Gasteiger charge is -1.98. The normalized spacial score (nSPS) is 12.2. The van der Waals surface area contributed by atoms with Crippen LogP contribution in [0, 0.1) is 0 Å². The van der Waals surface area contributed by atoms with Crippen molar-refractivity contribution in [1.82, 2.24) is 0 Å². The second kappa shape index (κ2) is 4.57. The van der Waals surface area contributed by atoms with Crippen LogP contribution < -0.4 is 5.73 Å². The minimum Gasteiger partial charge on any atom is -0.309 e. The number of hydrogen-bond acceptors (Lipinski definition) is 2. The minimum absolute atomic E-state index is 0.0856. The van der Waals surface area contributed by atoms with Crippen molar-refractivity contribution in [2.45, 2.75) is 25.9 Å². The summed E-state index contributed by atoms with van der Waals surface area (Å²) >= 11 is 0. The Morgan fingerprint density at radius 1 is 1.88 bits per heavy atom. The van der Waals surface area contributed by atoms with Gasteiger partial charge in [-0.25, -0.2) is 4.99 Å². The van der Waals surface area contributed by atoms with E-state index in [4.69, 9.17) is 5.73 Å². The van der Waals surface area contributed by atoms with Gasteiger partial charge < -0.3 is 5.73 Å². The Morgan fingerprint density at radius 2 is 2.50 bits per heavy atom. The third-order valence-electron chi connectivity index (χ3n) is 0.842. The van der Waals surface area contributed by atoms with E-state index >= 15 is 0 Å². The third-order valence-corrected chi connectivity index (χ3v) is 0.842. The van der Waals surface area contributed by atoms with E-state index in [0.29, 0.717) is 0 Å². The van der Waals surface area contributed by atoms with Gasteiger partial charge in [-0.2, -0.15) is 0 Å². The molecule has 2 nitrogen and oxygen atoms in total. The van der Waals surface area contributed by atoms with Crippen molar-refractivity contribution in [3.8, 4) is 0 Å². The van der Waals surface area contributed by atoms with Gasteiger partial charge in [-0.1, -0.05) is 13.3 Å². The lowest BCUT2D eigenvalue weighted by molar-refractivity contribution is 0.633. The van der Waals surface area contributed by atoms with Crippen molar-refractivity contribution in [2.24, 2.45) is 10.7 Å². The lowest BCUT2D eigenvalue weighted by atomic mass is 10.3. The molecule has 0 aliphatic heterocycles. The number of hydrogen-bond donors (Lipinski definition) is 1. The van der Waals surface area contributed by atoms with E-state index in [1.165, 1.54) is 0 Å². The van der Waals surface area contributed by atoms with E-state index in [2.05, 4.69) is 24.4 Å². The molecule has 0 aromatic carbocycles. The van der Waals surface area contributed by atoms with Crippen LogP contribution in [-0.2, 0) is 0 Å². The summed E-state index contributed by atoms with van der Waals surface area (Å²) in [5.41, 5.74) is 5.43. The molecule has 0 spiro atoms. The summed E-state index contributed by atoms with van der Waals surface area (Å²) < 4.78 is 0. The Labute approximate surface area is 50.1 Å². The van der Waals surface area contributed by atoms with Crippen LogP contribution in [0.4, 0.5) is 0 Å². The molecular formula is C6H12N2. The van der Waals surface area contributed by atoms with Gasteiger partial charge in [0.1, 0.15) is 6.17 Å². The summed E-state index contributed by atoms with van der Waals surface area (Å²) in [7, 11) is 0. The topological polar surface area (TPSA) is 38.4 Å². The highest BCUT2D eigenvalue weighted by Gasteiger charge is 1.91. The molecule has 0 aromatic rings. The predicted octanol–water partition coefficient (Wildman–Crippen LogP) is 0.927. The molecule has 0 fully saturated rings. The van der Waals surface area contributed by atoms with E-state index in [9.17, 15) is 0 Å². The van der Waals surface area contributed by atoms with E-state index in [0.717, 1.165) is 12.8 Å². The molecule has 0 aliphatic rings. The third kappa shape index (κ3) is 3.59. The van der Waals surface area contributed by atoms with Crippen LogP contribution in [0.25, 0.3) is 0 Å². The van der Waals surface area contributed by atoms with Gasteiger partial charge in [-0.05, 0) is 18.9 Å². The van der Waals surface area contributed by atoms with Crippen LogP contribution >= 0.6 is 0 Å². The molecule has 0 amide bonds. The van der Waals surface area contributed by atoms with Gasteiger partial charge in [0.2, 0.25) is 0 Å². The molecule has 2 heteroatoms. The molecular weight excluding hydrogens is 100 g/mol. The molecule has 0 radical (unpaired) electrons. The highest BCUT2D eigenvalue weighted by Crippen LogP contribution is 1.91. The second-order valence-corrected chi connectivity index (χ2v) is 1.64. The molecule has 46 valence electrons. The Bertz CT molecular complexity index is 92.7. The molecule has 0 rings (SSSR count). The van der Waals surface area contributed by atoms with Crippen LogP contribution in [0.2, 0.25) is 0 Å².